The first-order valence-electron chi connectivity index (χ1n) is 5.29. The van der Waals surface area contributed by atoms with Crippen molar-refractivity contribution < 1.29 is 4.74 Å². The summed E-state index contributed by atoms with van der Waals surface area (Å²) in [6.07, 6.45) is 5.77. The Balaban J connectivity index is 1.84. The SMILES string of the molecule is Clc1cnccc1OCC1CCCNC1. The topological polar surface area (TPSA) is 34.1 Å². The van der Waals surface area contributed by atoms with E-state index in [1.165, 1.54) is 12.8 Å². The van der Waals surface area contributed by atoms with Crippen LogP contribution < -0.4 is 10.1 Å². The van der Waals surface area contributed by atoms with Crippen molar-refractivity contribution in [2.75, 3.05) is 19.7 Å². The molecule has 2 rings (SSSR count). The number of nitrogens with zero attached hydrogens (tertiary/aromatic N) is 1. The summed E-state index contributed by atoms with van der Waals surface area (Å²) in [5.74, 6) is 1.33. The van der Waals surface area contributed by atoms with Crippen molar-refractivity contribution in [3.05, 3.63) is 23.5 Å². The van der Waals surface area contributed by atoms with Crippen molar-refractivity contribution in [2.24, 2.45) is 5.92 Å². The number of piperidine rings is 1. The fourth-order valence-electron chi connectivity index (χ4n) is 1.75. The minimum atomic E-state index is 0.585. The van der Waals surface area contributed by atoms with Crippen molar-refractivity contribution in [1.82, 2.24) is 10.3 Å². The van der Waals surface area contributed by atoms with E-state index >= 15 is 0 Å². The van der Waals surface area contributed by atoms with Gasteiger partial charge in [-0.25, -0.2) is 0 Å². The van der Waals surface area contributed by atoms with Gasteiger partial charge in [0, 0.05) is 30.9 Å². The number of aromatic nitrogens is 1. The summed E-state index contributed by atoms with van der Waals surface area (Å²) in [6, 6.07) is 1.80. The largest absolute Gasteiger partial charge is 0.492 e. The molecule has 0 saturated carbocycles. The lowest BCUT2D eigenvalue weighted by molar-refractivity contribution is 0.218. The van der Waals surface area contributed by atoms with Gasteiger partial charge in [0.05, 0.1) is 6.61 Å². The second kappa shape index (κ2) is 5.33. The molecule has 1 aromatic heterocycles. The Morgan fingerprint density at radius 2 is 2.53 bits per heavy atom. The van der Waals surface area contributed by atoms with Crippen molar-refractivity contribution >= 4 is 11.6 Å². The van der Waals surface area contributed by atoms with Crippen LogP contribution in [0.3, 0.4) is 0 Å². The quantitative estimate of drug-likeness (QED) is 0.857. The summed E-state index contributed by atoms with van der Waals surface area (Å²) in [6.45, 7) is 2.91. The maximum absolute atomic E-state index is 5.94. The Morgan fingerprint density at radius 3 is 3.27 bits per heavy atom. The Kier molecular flexibility index (Phi) is 3.80. The molecule has 1 aliphatic rings. The highest BCUT2D eigenvalue weighted by Crippen LogP contribution is 2.23. The van der Waals surface area contributed by atoms with E-state index in [-0.39, 0.29) is 0 Å². The number of nitrogens with one attached hydrogen (secondary N) is 1. The van der Waals surface area contributed by atoms with Gasteiger partial charge >= 0.3 is 0 Å². The van der Waals surface area contributed by atoms with Gasteiger partial charge < -0.3 is 10.1 Å². The Bertz CT molecular complexity index is 313. The van der Waals surface area contributed by atoms with Crippen LogP contribution >= 0.6 is 11.6 Å². The van der Waals surface area contributed by atoms with Crippen LogP contribution in [0.2, 0.25) is 5.02 Å². The summed E-state index contributed by atoms with van der Waals surface area (Å²) in [7, 11) is 0. The third-order valence-electron chi connectivity index (χ3n) is 2.61. The monoisotopic (exact) mass is 226 g/mol. The van der Waals surface area contributed by atoms with Crippen LogP contribution in [0, 0.1) is 5.92 Å². The summed E-state index contributed by atoms with van der Waals surface area (Å²) in [5.41, 5.74) is 0. The molecule has 1 aromatic rings. The molecule has 1 fully saturated rings. The highest BCUT2D eigenvalue weighted by atomic mass is 35.5. The maximum Gasteiger partial charge on any atom is 0.141 e. The summed E-state index contributed by atoms with van der Waals surface area (Å²) < 4.78 is 5.66. The van der Waals surface area contributed by atoms with Crippen LogP contribution in [-0.2, 0) is 0 Å². The first-order valence-corrected chi connectivity index (χ1v) is 5.67. The van der Waals surface area contributed by atoms with Gasteiger partial charge in [0.1, 0.15) is 10.8 Å². The van der Waals surface area contributed by atoms with E-state index in [4.69, 9.17) is 16.3 Å². The third-order valence-corrected chi connectivity index (χ3v) is 2.89. The molecule has 0 bridgehead atoms. The highest BCUT2D eigenvalue weighted by Gasteiger charge is 2.13. The van der Waals surface area contributed by atoms with E-state index in [0.29, 0.717) is 10.9 Å². The zero-order chi connectivity index (χ0) is 10.5. The van der Waals surface area contributed by atoms with Crippen molar-refractivity contribution in [3.63, 3.8) is 0 Å². The number of hydrogen-bond acceptors (Lipinski definition) is 3. The molecule has 1 saturated heterocycles. The van der Waals surface area contributed by atoms with Crippen LogP contribution in [0.15, 0.2) is 18.5 Å². The first kappa shape index (κ1) is 10.7. The molecule has 0 spiro atoms. The number of halogens is 1. The summed E-state index contributed by atoms with van der Waals surface area (Å²) in [5, 5.41) is 3.94. The van der Waals surface area contributed by atoms with E-state index in [1.54, 1.807) is 18.5 Å². The second-order valence-corrected chi connectivity index (χ2v) is 4.24. The van der Waals surface area contributed by atoms with Gasteiger partial charge in [-0.15, -0.1) is 0 Å². The third kappa shape index (κ3) is 3.08. The number of pyridine rings is 1. The molecule has 0 aliphatic carbocycles. The van der Waals surface area contributed by atoms with E-state index in [2.05, 4.69) is 10.3 Å². The Labute approximate surface area is 94.8 Å². The molecule has 15 heavy (non-hydrogen) atoms. The molecule has 0 aromatic carbocycles. The van der Waals surface area contributed by atoms with Crippen LogP contribution in [0.4, 0.5) is 0 Å². The fraction of sp³-hybridized carbons (Fsp3) is 0.545. The molecule has 2 heterocycles. The van der Waals surface area contributed by atoms with Crippen molar-refractivity contribution in [3.8, 4) is 5.75 Å². The number of rotatable bonds is 3. The van der Waals surface area contributed by atoms with Gasteiger partial charge in [-0.1, -0.05) is 11.6 Å². The van der Waals surface area contributed by atoms with Gasteiger partial charge in [0.2, 0.25) is 0 Å². The van der Waals surface area contributed by atoms with E-state index in [1.807, 2.05) is 0 Å². The molecule has 1 atom stereocenters. The molecule has 1 aliphatic heterocycles. The molecular formula is C11H15ClN2O. The molecule has 3 nitrogen and oxygen atoms in total. The van der Waals surface area contributed by atoms with Gasteiger partial charge in [0.25, 0.3) is 0 Å². The average molecular weight is 227 g/mol. The maximum atomic E-state index is 5.94. The van der Waals surface area contributed by atoms with Gasteiger partial charge in [-0.05, 0) is 19.4 Å². The molecule has 1 unspecified atom stereocenters. The number of hydrogen-bond donors (Lipinski definition) is 1. The average Bonchev–Trinajstić information content (AvgIpc) is 2.29. The summed E-state index contributed by atoms with van der Waals surface area (Å²) >= 11 is 5.94. The van der Waals surface area contributed by atoms with Gasteiger partial charge in [0.15, 0.2) is 0 Å². The molecule has 4 heteroatoms. The minimum Gasteiger partial charge on any atom is -0.492 e. The molecule has 82 valence electrons. The lowest BCUT2D eigenvalue weighted by atomic mass is 10.0. The van der Waals surface area contributed by atoms with Crippen molar-refractivity contribution in [2.45, 2.75) is 12.8 Å². The van der Waals surface area contributed by atoms with Crippen LogP contribution in [0.25, 0.3) is 0 Å². The lowest BCUT2D eigenvalue weighted by Crippen LogP contribution is -2.33. The predicted molar refractivity (Wildman–Crippen MR) is 60.3 cm³/mol. The molecule has 0 amide bonds. The zero-order valence-electron chi connectivity index (χ0n) is 8.58. The van der Waals surface area contributed by atoms with Crippen molar-refractivity contribution in [1.29, 1.82) is 0 Å². The van der Waals surface area contributed by atoms with E-state index < -0.39 is 0 Å². The van der Waals surface area contributed by atoms with Crippen LogP contribution in [0.5, 0.6) is 5.75 Å². The standard InChI is InChI=1S/C11H15ClN2O/c12-10-7-14-5-3-11(10)15-8-9-2-1-4-13-6-9/h3,5,7,9,13H,1-2,4,6,8H2. The Hall–Kier alpha value is -0.800. The Morgan fingerprint density at radius 1 is 1.60 bits per heavy atom. The van der Waals surface area contributed by atoms with Crippen LogP contribution in [-0.4, -0.2) is 24.7 Å². The lowest BCUT2D eigenvalue weighted by Gasteiger charge is -2.22. The van der Waals surface area contributed by atoms with E-state index in [0.717, 1.165) is 25.4 Å². The van der Waals surface area contributed by atoms with E-state index in [9.17, 15) is 0 Å². The normalized spacial score (nSPS) is 21.3. The first-order chi connectivity index (χ1) is 7.36. The summed E-state index contributed by atoms with van der Waals surface area (Å²) in [4.78, 5) is 3.92. The van der Waals surface area contributed by atoms with Gasteiger partial charge in [-0.3, -0.25) is 4.98 Å². The second-order valence-electron chi connectivity index (χ2n) is 3.83. The molecule has 1 N–H and O–H groups in total. The number of ether oxygens (including phenoxy) is 1. The smallest absolute Gasteiger partial charge is 0.141 e. The van der Waals surface area contributed by atoms with Crippen LogP contribution in [0.1, 0.15) is 12.8 Å². The fourth-order valence-corrected chi connectivity index (χ4v) is 1.93. The molecular weight excluding hydrogens is 212 g/mol. The zero-order valence-corrected chi connectivity index (χ0v) is 9.33. The van der Waals surface area contributed by atoms with Gasteiger partial charge in [-0.2, -0.15) is 0 Å². The minimum absolute atomic E-state index is 0.585. The predicted octanol–water partition coefficient (Wildman–Crippen LogP) is 2.11. The molecule has 0 radical (unpaired) electrons. The highest BCUT2D eigenvalue weighted by molar-refractivity contribution is 6.31.